The first-order chi connectivity index (χ1) is 9.22. The van der Waals surface area contributed by atoms with E-state index < -0.39 is 0 Å². The fourth-order valence-corrected chi connectivity index (χ4v) is 1.86. The van der Waals surface area contributed by atoms with Crippen LogP contribution < -0.4 is 10.1 Å². The Morgan fingerprint density at radius 1 is 1.42 bits per heavy atom. The SMILES string of the molecule is CCn1cc(COc2cccc(C(C)NC)c2)cn1. The maximum Gasteiger partial charge on any atom is 0.120 e. The smallest absolute Gasteiger partial charge is 0.120 e. The Kier molecular flexibility index (Phi) is 4.58. The highest BCUT2D eigenvalue weighted by Crippen LogP contribution is 2.19. The molecule has 102 valence electrons. The molecule has 1 atom stereocenters. The van der Waals surface area contributed by atoms with Crippen LogP contribution in [0.3, 0.4) is 0 Å². The fourth-order valence-electron chi connectivity index (χ4n) is 1.86. The minimum atomic E-state index is 0.325. The number of nitrogens with one attached hydrogen (secondary N) is 1. The summed E-state index contributed by atoms with van der Waals surface area (Å²) in [6.45, 7) is 5.64. The van der Waals surface area contributed by atoms with E-state index in [1.807, 2.05) is 36.3 Å². The van der Waals surface area contributed by atoms with Crippen molar-refractivity contribution in [3.05, 3.63) is 47.8 Å². The molecule has 4 heteroatoms. The van der Waals surface area contributed by atoms with Gasteiger partial charge >= 0.3 is 0 Å². The normalized spacial score (nSPS) is 12.4. The van der Waals surface area contributed by atoms with Crippen molar-refractivity contribution in [2.45, 2.75) is 33.0 Å². The van der Waals surface area contributed by atoms with Crippen molar-refractivity contribution in [3.63, 3.8) is 0 Å². The van der Waals surface area contributed by atoms with Crippen molar-refractivity contribution < 1.29 is 4.74 Å². The van der Waals surface area contributed by atoms with E-state index in [0.29, 0.717) is 12.6 Å². The van der Waals surface area contributed by atoms with Crippen LogP contribution in [0.1, 0.15) is 31.0 Å². The van der Waals surface area contributed by atoms with Gasteiger partial charge in [-0.25, -0.2) is 0 Å². The summed E-state index contributed by atoms with van der Waals surface area (Å²) >= 11 is 0. The summed E-state index contributed by atoms with van der Waals surface area (Å²) in [4.78, 5) is 0. The number of rotatable bonds is 6. The third-order valence-corrected chi connectivity index (χ3v) is 3.21. The second kappa shape index (κ2) is 6.38. The van der Waals surface area contributed by atoms with Crippen LogP contribution in [-0.2, 0) is 13.2 Å². The maximum atomic E-state index is 5.80. The molecule has 0 saturated carbocycles. The van der Waals surface area contributed by atoms with Gasteiger partial charge in [-0.15, -0.1) is 0 Å². The molecule has 2 aromatic rings. The molecule has 1 aromatic carbocycles. The molecule has 0 aliphatic carbocycles. The third kappa shape index (κ3) is 3.58. The molecular formula is C15H21N3O. The minimum Gasteiger partial charge on any atom is -0.489 e. The standard InChI is InChI=1S/C15H21N3O/c1-4-18-10-13(9-17-18)11-19-15-7-5-6-14(8-15)12(2)16-3/h5-10,12,16H,4,11H2,1-3H3. The molecular weight excluding hydrogens is 238 g/mol. The van der Waals surface area contributed by atoms with E-state index in [2.05, 4.69) is 36.4 Å². The van der Waals surface area contributed by atoms with Gasteiger partial charge in [0.25, 0.3) is 0 Å². The van der Waals surface area contributed by atoms with Gasteiger partial charge in [-0.05, 0) is 38.6 Å². The monoisotopic (exact) mass is 259 g/mol. The lowest BCUT2D eigenvalue weighted by molar-refractivity contribution is 0.305. The second-order valence-electron chi connectivity index (χ2n) is 4.58. The Morgan fingerprint density at radius 2 is 2.26 bits per heavy atom. The Labute approximate surface area is 114 Å². The predicted octanol–water partition coefficient (Wildman–Crippen LogP) is 2.76. The highest BCUT2D eigenvalue weighted by Gasteiger charge is 2.04. The molecule has 0 amide bonds. The fraction of sp³-hybridized carbons (Fsp3) is 0.400. The lowest BCUT2D eigenvalue weighted by atomic mass is 10.1. The average molecular weight is 259 g/mol. The summed E-state index contributed by atoms with van der Waals surface area (Å²) in [5, 5.41) is 7.46. The van der Waals surface area contributed by atoms with Gasteiger partial charge in [0, 0.05) is 24.3 Å². The van der Waals surface area contributed by atoms with Gasteiger partial charge in [0.15, 0.2) is 0 Å². The van der Waals surface area contributed by atoms with Gasteiger partial charge in [-0.1, -0.05) is 12.1 Å². The van der Waals surface area contributed by atoms with Gasteiger partial charge in [-0.3, -0.25) is 4.68 Å². The van der Waals surface area contributed by atoms with Crippen LogP contribution in [0.4, 0.5) is 0 Å². The molecule has 0 aliphatic heterocycles. The van der Waals surface area contributed by atoms with E-state index in [-0.39, 0.29) is 0 Å². The van der Waals surface area contributed by atoms with Crippen LogP contribution in [0.25, 0.3) is 0 Å². The average Bonchev–Trinajstić information content (AvgIpc) is 2.92. The summed E-state index contributed by atoms with van der Waals surface area (Å²) in [7, 11) is 1.96. The first kappa shape index (κ1) is 13.6. The maximum absolute atomic E-state index is 5.80. The van der Waals surface area contributed by atoms with Gasteiger partial charge < -0.3 is 10.1 Å². The lowest BCUT2D eigenvalue weighted by Gasteiger charge is -2.12. The van der Waals surface area contributed by atoms with Crippen LogP contribution in [0, 0.1) is 0 Å². The Hall–Kier alpha value is -1.81. The molecule has 2 rings (SSSR count). The van der Waals surface area contributed by atoms with Crippen molar-refractivity contribution in [1.82, 2.24) is 15.1 Å². The van der Waals surface area contributed by atoms with Crippen LogP contribution in [0.15, 0.2) is 36.7 Å². The molecule has 0 radical (unpaired) electrons. The van der Waals surface area contributed by atoms with Crippen LogP contribution in [0.2, 0.25) is 0 Å². The molecule has 1 N–H and O–H groups in total. The molecule has 1 heterocycles. The van der Waals surface area contributed by atoms with Crippen molar-refractivity contribution in [3.8, 4) is 5.75 Å². The zero-order valence-corrected chi connectivity index (χ0v) is 11.8. The van der Waals surface area contributed by atoms with E-state index in [1.54, 1.807) is 0 Å². The summed E-state index contributed by atoms with van der Waals surface area (Å²) in [6, 6.07) is 8.50. The van der Waals surface area contributed by atoms with Gasteiger partial charge in [-0.2, -0.15) is 5.10 Å². The second-order valence-corrected chi connectivity index (χ2v) is 4.58. The number of hydrogen-bond donors (Lipinski definition) is 1. The number of benzene rings is 1. The van der Waals surface area contributed by atoms with E-state index in [1.165, 1.54) is 5.56 Å². The first-order valence-corrected chi connectivity index (χ1v) is 6.64. The number of aromatic nitrogens is 2. The van der Waals surface area contributed by atoms with E-state index >= 15 is 0 Å². The van der Waals surface area contributed by atoms with Crippen molar-refractivity contribution in [2.75, 3.05) is 7.05 Å². The Balaban J connectivity index is 1.99. The molecule has 0 saturated heterocycles. The largest absolute Gasteiger partial charge is 0.489 e. The van der Waals surface area contributed by atoms with Crippen LogP contribution in [-0.4, -0.2) is 16.8 Å². The quantitative estimate of drug-likeness (QED) is 0.867. The molecule has 0 spiro atoms. The van der Waals surface area contributed by atoms with Gasteiger partial charge in [0.1, 0.15) is 12.4 Å². The van der Waals surface area contributed by atoms with E-state index in [0.717, 1.165) is 17.9 Å². The number of ether oxygens (including phenoxy) is 1. The first-order valence-electron chi connectivity index (χ1n) is 6.64. The van der Waals surface area contributed by atoms with Crippen LogP contribution in [0.5, 0.6) is 5.75 Å². The van der Waals surface area contributed by atoms with Crippen molar-refractivity contribution in [1.29, 1.82) is 0 Å². The van der Waals surface area contributed by atoms with Crippen molar-refractivity contribution >= 4 is 0 Å². The lowest BCUT2D eigenvalue weighted by Crippen LogP contribution is -2.12. The van der Waals surface area contributed by atoms with Gasteiger partial charge in [0.05, 0.1) is 6.20 Å². The molecule has 0 aliphatic rings. The Morgan fingerprint density at radius 3 is 2.95 bits per heavy atom. The molecule has 0 fully saturated rings. The zero-order chi connectivity index (χ0) is 13.7. The van der Waals surface area contributed by atoms with E-state index in [9.17, 15) is 0 Å². The number of nitrogens with zero attached hydrogens (tertiary/aromatic N) is 2. The molecule has 1 aromatic heterocycles. The van der Waals surface area contributed by atoms with E-state index in [4.69, 9.17) is 4.74 Å². The summed E-state index contributed by atoms with van der Waals surface area (Å²) in [5.74, 6) is 0.892. The highest BCUT2D eigenvalue weighted by molar-refractivity contribution is 5.30. The topological polar surface area (TPSA) is 39.1 Å². The summed E-state index contributed by atoms with van der Waals surface area (Å²) in [6.07, 6.45) is 3.86. The predicted molar refractivity (Wildman–Crippen MR) is 76.1 cm³/mol. The minimum absolute atomic E-state index is 0.325. The molecule has 1 unspecified atom stereocenters. The van der Waals surface area contributed by atoms with Crippen LogP contribution >= 0.6 is 0 Å². The molecule has 4 nitrogen and oxygen atoms in total. The Bertz CT molecular complexity index is 522. The highest BCUT2D eigenvalue weighted by atomic mass is 16.5. The summed E-state index contributed by atoms with van der Waals surface area (Å²) in [5.41, 5.74) is 2.32. The van der Waals surface area contributed by atoms with Gasteiger partial charge in [0.2, 0.25) is 0 Å². The zero-order valence-electron chi connectivity index (χ0n) is 11.8. The molecule has 0 bridgehead atoms. The number of hydrogen-bond acceptors (Lipinski definition) is 3. The third-order valence-electron chi connectivity index (χ3n) is 3.21. The number of aryl methyl sites for hydroxylation is 1. The molecule has 19 heavy (non-hydrogen) atoms. The summed E-state index contributed by atoms with van der Waals surface area (Å²) < 4.78 is 7.71. The van der Waals surface area contributed by atoms with Crippen molar-refractivity contribution in [2.24, 2.45) is 0 Å².